The van der Waals surface area contributed by atoms with Gasteiger partial charge >= 0.3 is 23.9 Å². The highest BCUT2D eigenvalue weighted by atomic mass is 16.4. The molecule has 0 amide bonds. The molecule has 0 saturated heterocycles. The van der Waals surface area contributed by atoms with Crippen molar-refractivity contribution in [3.63, 3.8) is 0 Å². The van der Waals surface area contributed by atoms with Gasteiger partial charge in [-0.2, -0.15) is 0 Å². The van der Waals surface area contributed by atoms with Gasteiger partial charge in [-0.05, 0) is 12.8 Å². The molecule has 10 heteroatoms. The standard InChI is InChI=1S/C13H20N2O8/c16-10(17)4-14(5-11(18)19)8-2-1-3-9(8)15(6-12(20)21)7-13(22)23/h8-9H,1-7H2,(H,16,17)(H,18,19)(H,20,21)(H,22,23)/t8-,9-/m1/s1. The minimum atomic E-state index is -1.19. The molecule has 2 atom stereocenters. The predicted octanol–water partition coefficient (Wildman–Crippen LogP) is -1.15. The summed E-state index contributed by atoms with van der Waals surface area (Å²) in [7, 11) is 0. The van der Waals surface area contributed by atoms with Crippen molar-refractivity contribution < 1.29 is 39.6 Å². The largest absolute Gasteiger partial charge is 0.480 e. The van der Waals surface area contributed by atoms with Crippen molar-refractivity contribution in [1.82, 2.24) is 9.80 Å². The number of hydrogen-bond donors (Lipinski definition) is 4. The van der Waals surface area contributed by atoms with Crippen molar-refractivity contribution in [1.29, 1.82) is 0 Å². The second kappa shape index (κ2) is 8.44. The van der Waals surface area contributed by atoms with E-state index < -0.39 is 62.1 Å². The molecule has 1 aliphatic rings. The van der Waals surface area contributed by atoms with Crippen molar-refractivity contribution in [3.8, 4) is 0 Å². The molecule has 0 aliphatic heterocycles. The third-order valence-electron chi connectivity index (χ3n) is 3.74. The zero-order valence-corrected chi connectivity index (χ0v) is 12.4. The van der Waals surface area contributed by atoms with Crippen LogP contribution in [0.4, 0.5) is 0 Å². The number of carboxylic acid groups (broad SMARTS) is 4. The smallest absolute Gasteiger partial charge is 0.317 e. The summed E-state index contributed by atoms with van der Waals surface area (Å²) >= 11 is 0. The summed E-state index contributed by atoms with van der Waals surface area (Å²) in [5.74, 6) is -4.78. The lowest BCUT2D eigenvalue weighted by atomic mass is 10.1. The van der Waals surface area contributed by atoms with Gasteiger partial charge in [0, 0.05) is 12.1 Å². The number of aliphatic carboxylic acids is 4. The first-order valence-electron chi connectivity index (χ1n) is 7.06. The Morgan fingerprint density at radius 1 is 0.652 bits per heavy atom. The lowest BCUT2D eigenvalue weighted by molar-refractivity contribution is -0.147. The van der Waals surface area contributed by atoms with E-state index in [4.69, 9.17) is 20.4 Å². The van der Waals surface area contributed by atoms with Gasteiger partial charge in [-0.25, -0.2) is 0 Å². The van der Waals surface area contributed by atoms with Crippen LogP contribution in [0.3, 0.4) is 0 Å². The molecule has 0 unspecified atom stereocenters. The molecule has 0 spiro atoms. The van der Waals surface area contributed by atoms with Gasteiger partial charge in [-0.3, -0.25) is 29.0 Å². The summed E-state index contributed by atoms with van der Waals surface area (Å²) in [6.45, 7) is -1.99. The summed E-state index contributed by atoms with van der Waals surface area (Å²) in [5, 5.41) is 35.7. The molecule has 0 aromatic rings. The molecule has 1 saturated carbocycles. The van der Waals surface area contributed by atoms with Crippen LogP contribution in [0.1, 0.15) is 19.3 Å². The maximum absolute atomic E-state index is 10.9. The maximum Gasteiger partial charge on any atom is 0.317 e. The number of carbonyl (C=O) groups is 4. The van der Waals surface area contributed by atoms with Gasteiger partial charge < -0.3 is 20.4 Å². The minimum Gasteiger partial charge on any atom is -0.480 e. The van der Waals surface area contributed by atoms with E-state index in [0.717, 1.165) is 0 Å². The van der Waals surface area contributed by atoms with E-state index in [0.29, 0.717) is 19.3 Å². The van der Waals surface area contributed by atoms with Crippen molar-refractivity contribution in [2.45, 2.75) is 31.3 Å². The Balaban J connectivity index is 2.95. The van der Waals surface area contributed by atoms with Crippen LogP contribution in [0.2, 0.25) is 0 Å². The highest BCUT2D eigenvalue weighted by Crippen LogP contribution is 2.28. The lowest BCUT2D eigenvalue weighted by Gasteiger charge is -2.36. The molecule has 23 heavy (non-hydrogen) atoms. The number of nitrogens with zero attached hydrogens (tertiary/aromatic N) is 2. The van der Waals surface area contributed by atoms with Crippen LogP contribution in [0.15, 0.2) is 0 Å². The van der Waals surface area contributed by atoms with Gasteiger partial charge in [0.15, 0.2) is 0 Å². The second-order valence-corrected chi connectivity index (χ2v) is 5.45. The highest BCUT2D eigenvalue weighted by molar-refractivity contribution is 5.73. The van der Waals surface area contributed by atoms with E-state index in [2.05, 4.69) is 0 Å². The molecule has 1 aliphatic carbocycles. The van der Waals surface area contributed by atoms with Crippen molar-refractivity contribution >= 4 is 23.9 Å². The maximum atomic E-state index is 10.9. The first-order valence-corrected chi connectivity index (χ1v) is 7.06. The van der Waals surface area contributed by atoms with Crippen LogP contribution in [0.25, 0.3) is 0 Å². The minimum absolute atomic E-state index is 0.487. The van der Waals surface area contributed by atoms with Gasteiger partial charge in [0.05, 0.1) is 26.2 Å². The summed E-state index contributed by atoms with van der Waals surface area (Å²) in [4.78, 5) is 46.3. The summed E-state index contributed by atoms with van der Waals surface area (Å²) in [6.07, 6.45) is 1.61. The van der Waals surface area contributed by atoms with Crippen molar-refractivity contribution in [2.24, 2.45) is 0 Å². The third-order valence-corrected chi connectivity index (χ3v) is 3.74. The summed E-state index contributed by atoms with van der Waals surface area (Å²) < 4.78 is 0. The fraction of sp³-hybridized carbons (Fsp3) is 0.692. The highest BCUT2D eigenvalue weighted by Gasteiger charge is 2.38. The predicted molar refractivity (Wildman–Crippen MR) is 75.1 cm³/mol. The third kappa shape index (κ3) is 6.20. The Kier molecular flexibility index (Phi) is 6.91. The van der Waals surface area contributed by atoms with Gasteiger partial charge in [-0.15, -0.1) is 0 Å². The van der Waals surface area contributed by atoms with Crippen LogP contribution in [0, 0.1) is 0 Å². The van der Waals surface area contributed by atoms with E-state index in [9.17, 15) is 19.2 Å². The molecule has 1 fully saturated rings. The average Bonchev–Trinajstić information content (AvgIpc) is 2.83. The molecule has 0 radical (unpaired) electrons. The molecular weight excluding hydrogens is 312 g/mol. The van der Waals surface area contributed by atoms with Crippen molar-refractivity contribution in [3.05, 3.63) is 0 Å². The van der Waals surface area contributed by atoms with Crippen LogP contribution < -0.4 is 0 Å². The fourth-order valence-corrected chi connectivity index (χ4v) is 3.05. The van der Waals surface area contributed by atoms with Gasteiger partial charge in [-0.1, -0.05) is 6.42 Å². The summed E-state index contributed by atoms with van der Waals surface area (Å²) in [5.41, 5.74) is 0. The molecule has 10 nitrogen and oxygen atoms in total. The van der Waals surface area contributed by atoms with Gasteiger partial charge in [0.25, 0.3) is 0 Å². The Bertz CT molecular complexity index is 407. The van der Waals surface area contributed by atoms with Gasteiger partial charge in [0.1, 0.15) is 0 Å². The Morgan fingerprint density at radius 3 is 1.13 bits per heavy atom. The van der Waals surface area contributed by atoms with Gasteiger partial charge in [0.2, 0.25) is 0 Å². The van der Waals surface area contributed by atoms with E-state index in [1.165, 1.54) is 9.80 Å². The van der Waals surface area contributed by atoms with E-state index >= 15 is 0 Å². The van der Waals surface area contributed by atoms with Crippen LogP contribution in [-0.4, -0.2) is 92.4 Å². The first kappa shape index (κ1) is 18.8. The van der Waals surface area contributed by atoms with Crippen LogP contribution in [-0.2, 0) is 19.2 Å². The average molecular weight is 332 g/mol. The molecule has 0 aromatic heterocycles. The van der Waals surface area contributed by atoms with E-state index in [1.807, 2.05) is 0 Å². The van der Waals surface area contributed by atoms with Crippen LogP contribution in [0.5, 0.6) is 0 Å². The second-order valence-electron chi connectivity index (χ2n) is 5.45. The molecule has 4 N–H and O–H groups in total. The Labute approximate surface area is 131 Å². The van der Waals surface area contributed by atoms with Crippen LogP contribution >= 0.6 is 0 Å². The first-order chi connectivity index (χ1) is 10.7. The molecule has 1 rings (SSSR count). The van der Waals surface area contributed by atoms with E-state index in [-0.39, 0.29) is 0 Å². The SMILES string of the molecule is O=C(O)CN(CC(=O)O)[C@@H]1CCC[C@H]1N(CC(=O)O)CC(=O)O. The zero-order valence-electron chi connectivity index (χ0n) is 12.4. The zero-order chi connectivity index (χ0) is 17.6. The van der Waals surface area contributed by atoms with Crippen molar-refractivity contribution in [2.75, 3.05) is 26.2 Å². The van der Waals surface area contributed by atoms with E-state index in [1.54, 1.807) is 0 Å². The molecule has 0 bridgehead atoms. The molecule has 0 aromatic carbocycles. The fourth-order valence-electron chi connectivity index (χ4n) is 3.05. The number of hydrogen-bond acceptors (Lipinski definition) is 6. The summed E-state index contributed by atoms with van der Waals surface area (Å²) in [6, 6.07) is -1.03. The molecular formula is C13H20N2O8. The monoisotopic (exact) mass is 332 g/mol. The normalized spacial score (nSPS) is 20.8. The molecule has 0 heterocycles. The Morgan fingerprint density at radius 2 is 0.913 bits per heavy atom. The lowest BCUT2D eigenvalue weighted by Crippen LogP contribution is -2.53. The quantitative estimate of drug-likeness (QED) is 0.385. The topological polar surface area (TPSA) is 156 Å². The number of carboxylic acids is 4. The molecule has 130 valence electrons. The Hall–Kier alpha value is -2.20. The number of rotatable bonds is 10.